The van der Waals surface area contributed by atoms with Crippen LogP contribution in [0.5, 0.6) is 0 Å². The standard InChI is InChI=1S/C20H20BrCl3N8O/c21-11-10(5-32-8-29-15-17(25)27-7-28-18(15)32)16(14(24)13(23)12(11)22)31-4-3-20(26,6-31)19(33)30-9-1-2-9/h7-9H,1-6,26H2,(H,30,33)(H2,25,27,28). The molecular weight excluding hydrogens is 555 g/mol. The van der Waals surface area contributed by atoms with Crippen molar-refractivity contribution in [2.24, 2.45) is 5.73 Å². The van der Waals surface area contributed by atoms with Gasteiger partial charge < -0.3 is 26.3 Å². The van der Waals surface area contributed by atoms with Crippen molar-refractivity contribution >= 4 is 79.3 Å². The van der Waals surface area contributed by atoms with E-state index in [2.05, 4.69) is 36.2 Å². The number of benzene rings is 1. The van der Waals surface area contributed by atoms with Crippen molar-refractivity contribution in [2.45, 2.75) is 37.4 Å². The molecule has 1 aliphatic carbocycles. The summed E-state index contributed by atoms with van der Waals surface area (Å²) in [6.07, 6.45) is 5.48. The Morgan fingerprint density at radius 2 is 1.97 bits per heavy atom. The Morgan fingerprint density at radius 3 is 2.70 bits per heavy atom. The van der Waals surface area contributed by atoms with Crippen molar-refractivity contribution < 1.29 is 4.79 Å². The molecule has 1 aromatic carbocycles. The summed E-state index contributed by atoms with van der Waals surface area (Å²) >= 11 is 23.2. The van der Waals surface area contributed by atoms with Gasteiger partial charge in [0.25, 0.3) is 0 Å². The number of carbonyl (C=O) groups is 1. The summed E-state index contributed by atoms with van der Waals surface area (Å²) in [6.45, 7) is 1.15. The number of aromatic nitrogens is 4. The lowest BCUT2D eigenvalue weighted by Crippen LogP contribution is -2.56. The molecule has 2 aliphatic rings. The van der Waals surface area contributed by atoms with Gasteiger partial charge in [-0.25, -0.2) is 15.0 Å². The van der Waals surface area contributed by atoms with Gasteiger partial charge in [-0.1, -0.05) is 34.8 Å². The molecule has 13 heteroatoms. The second-order valence-electron chi connectivity index (χ2n) is 8.46. The van der Waals surface area contributed by atoms with Crippen LogP contribution in [0.2, 0.25) is 15.1 Å². The monoisotopic (exact) mass is 572 g/mol. The summed E-state index contributed by atoms with van der Waals surface area (Å²) in [5.41, 5.74) is 13.9. The molecule has 33 heavy (non-hydrogen) atoms. The molecule has 1 atom stereocenters. The molecule has 3 aromatic rings. The zero-order valence-electron chi connectivity index (χ0n) is 17.3. The number of nitrogens with one attached hydrogen (secondary N) is 1. The Labute approximate surface area is 212 Å². The highest BCUT2D eigenvalue weighted by atomic mass is 79.9. The van der Waals surface area contributed by atoms with E-state index in [1.54, 1.807) is 6.33 Å². The molecule has 0 bridgehead atoms. The molecule has 9 nitrogen and oxygen atoms in total. The maximum absolute atomic E-state index is 12.8. The van der Waals surface area contributed by atoms with Crippen LogP contribution in [-0.4, -0.2) is 50.1 Å². The fourth-order valence-electron chi connectivity index (χ4n) is 4.09. The van der Waals surface area contributed by atoms with E-state index < -0.39 is 5.54 Å². The van der Waals surface area contributed by atoms with Gasteiger partial charge in [0.15, 0.2) is 11.5 Å². The van der Waals surface area contributed by atoms with Crippen LogP contribution in [0.3, 0.4) is 0 Å². The van der Waals surface area contributed by atoms with Gasteiger partial charge in [-0.3, -0.25) is 4.79 Å². The number of anilines is 2. The number of fused-ring (bicyclic) bond motifs is 1. The predicted molar refractivity (Wildman–Crippen MR) is 133 cm³/mol. The molecular formula is C20H20BrCl3N8O. The Kier molecular flexibility index (Phi) is 5.85. The third kappa shape index (κ3) is 4.01. The average molecular weight is 575 g/mol. The minimum Gasteiger partial charge on any atom is -0.382 e. The quantitative estimate of drug-likeness (QED) is 0.315. The Hall–Kier alpha value is -1.85. The minimum atomic E-state index is -1.02. The Morgan fingerprint density at radius 1 is 1.21 bits per heavy atom. The van der Waals surface area contributed by atoms with Crippen molar-refractivity contribution in [3.8, 4) is 0 Å². The second-order valence-corrected chi connectivity index (χ2v) is 10.4. The SMILES string of the molecule is Nc1ncnc2c1ncn2Cc1c(Br)c(Cl)c(Cl)c(Cl)c1N1CCC(N)(C(=O)NC2CC2)C1. The van der Waals surface area contributed by atoms with E-state index in [-0.39, 0.29) is 17.0 Å². The van der Waals surface area contributed by atoms with Gasteiger partial charge in [-0.15, -0.1) is 0 Å². The highest BCUT2D eigenvalue weighted by molar-refractivity contribution is 9.10. The van der Waals surface area contributed by atoms with Gasteiger partial charge in [-0.05, 0) is 35.2 Å². The number of halogens is 4. The smallest absolute Gasteiger partial charge is 0.242 e. The van der Waals surface area contributed by atoms with Crippen LogP contribution in [0.15, 0.2) is 17.1 Å². The normalized spacial score (nSPS) is 20.6. The summed E-state index contributed by atoms with van der Waals surface area (Å²) in [5.74, 6) is 0.149. The third-order valence-electron chi connectivity index (χ3n) is 6.08. The average Bonchev–Trinajstić information content (AvgIpc) is 3.37. The first kappa shape index (κ1) is 22.9. The van der Waals surface area contributed by atoms with E-state index >= 15 is 0 Å². The van der Waals surface area contributed by atoms with Crippen LogP contribution in [0.25, 0.3) is 11.2 Å². The molecule has 0 spiro atoms. The van der Waals surface area contributed by atoms with Crippen LogP contribution < -0.4 is 21.7 Å². The van der Waals surface area contributed by atoms with Crippen LogP contribution in [0.4, 0.5) is 11.5 Å². The number of amides is 1. The molecule has 0 radical (unpaired) electrons. The molecule has 5 N–H and O–H groups in total. The maximum Gasteiger partial charge on any atom is 0.242 e. The fraction of sp³-hybridized carbons (Fsp3) is 0.400. The number of carbonyl (C=O) groups excluding carboxylic acids is 1. The first-order chi connectivity index (χ1) is 15.7. The minimum absolute atomic E-state index is 0.142. The first-order valence-corrected chi connectivity index (χ1v) is 12.2. The van der Waals surface area contributed by atoms with E-state index in [1.807, 2.05) is 9.47 Å². The lowest BCUT2D eigenvalue weighted by Gasteiger charge is -2.28. The van der Waals surface area contributed by atoms with Gasteiger partial charge in [0.05, 0.1) is 33.6 Å². The Balaban J connectivity index is 1.55. The van der Waals surface area contributed by atoms with Crippen LogP contribution in [0, 0.1) is 0 Å². The molecule has 1 aliphatic heterocycles. The largest absolute Gasteiger partial charge is 0.382 e. The molecule has 2 fully saturated rings. The van der Waals surface area contributed by atoms with E-state index in [4.69, 9.17) is 46.3 Å². The summed E-state index contributed by atoms with van der Waals surface area (Å²) in [7, 11) is 0. The fourth-order valence-corrected chi connectivity index (χ4v) is 5.49. The molecule has 1 saturated heterocycles. The van der Waals surface area contributed by atoms with Gasteiger partial charge in [0.2, 0.25) is 5.91 Å². The van der Waals surface area contributed by atoms with Crippen molar-refractivity contribution in [3.63, 3.8) is 0 Å². The highest BCUT2D eigenvalue weighted by Gasteiger charge is 2.44. The number of hydrogen-bond acceptors (Lipinski definition) is 7. The number of rotatable bonds is 5. The molecule has 3 heterocycles. The lowest BCUT2D eigenvalue weighted by molar-refractivity contribution is -0.125. The Bertz CT molecular complexity index is 1280. The number of nitrogen functional groups attached to an aromatic ring is 1. The highest BCUT2D eigenvalue weighted by Crippen LogP contribution is 2.47. The number of nitrogens with zero attached hydrogens (tertiary/aromatic N) is 5. The van der Waals surface area contributed by atoms with Crippen molar-refractivity contribution in [1.29, 1.82) is 0 Å². The number of hydrogen-bond donors (Lipinski definition) is 3. The van der Waals surface area contributed by atoms with E-state index in [1.165, 1.54) is 6.33 Å². The molecule has 5 rings (SSSR count). The summed E-state index contributed by atoms with van der Waals surface area (Å²) in [4.78, 5) is 27.4. The first-order valence-electron chi connectivity index (χ1n) is 10.3. The molecule has 1 unspecified atom stereocenters. The number of imidazole rings is 1. The van der Waals surface area contributed by atoms with E-state index in [0.717, 1.165) is 18.4 Å². The van der Waals surface area contributed by atoms with Gasteiger partial charge >= 0.3 is 0 Å². The maximum atomic E-state index is 12.8. The molecule has 1 amide bonds. The van der Waals surface area contributed by atoms with Crippen LogP contribution in [0.1, 0.15) is 24.8 Å². The molecule has 174 valence electrons. The second kappa shape index (κ2) is 8.42. The predicted octanol–water partition coefficient (Wildman–Crippen LogP) is 3.37. The summed E-state index contributed by atoms with van der Waals surface area (Å²) in [6, 6.07) is 0.231. The van der Waals surface area contributed by atoms with Crippen molar-refractivity contribution in [2.75, 3.05) is 23.7 Å². The van der Waals surface area contributed by atoms with Crippen molar-refractivity contribution in [3.05, 3.63) is 37.8 Å². The summed E-state index contributed by atoms with van der Waals surface area (Å²) < 4.78 is 2.41. The van der Waals surface area contributed by atoms with Crippen LogP contribution >= 0.6 is 50.7 Å². The number of nitrogens with two attached hydrogens (primary N) is 2. The topological polar surface area (TPSA) is 128 Å². The van der Waals surface area contributed by atoms with Gasteiger partial charge in [0.1, 0.15) is 17.4 Å². The lowest BCUT2D eigenvalue weighted by atomic mass is 9.99. The van der Waals surface area contributed by atoms with Gasteiger partial charge in [0, 0.05) is 29.2 Å². The zero-order valence-corrected chi connectivity index (χ0v) is 21.1. The van der Waals surface area contributed by atoms with Crippen LogP contribution in [-0.2, 0) is 11.3 Å². The van der Waals surface area contributed by atoms with E-state index in [0.29, 0.717) is 63.2 Å². The summed E-state index contributed by atoms with van der Waals surface area (Å²) in [5, 5.41) is 3.83. The molecule has 2 aromatic heterocycles. The van der Waals surface area contributed by atoms with E-state index in [9.17, 15) is 4.79 Å². The third-order valence-corrected chi connectivity index (χ3v) is 8.50. The van der Waals surface area contributed by atoms with Gasteiger partial charge in [-0.2, -0.15) is 0 Å². The van der Waals surface area contributed by atoms with Crippen molar-refractivity contribution in [1.82, 2.24) is 24.8 Å². The zero-order chi connectivity index (χ0) is 23.5. The molecule has 1 saturated carbocycles.